The van der Waals surface area contributed by atoms with E-state index >= 15 is 0 Å². The highest BCUT2D eigenvalue weighted by Crippen LogP contribution is 2.29. The van der Waals surface area contributed by atoms with Crippen molar-refractivity contribution >= 4 is 11.4 Å². The van der Waals surface area contributed by atoms with Crippen LogP contribution >= 0.6 is 0 Å². The van der Waals surface area contributed by atoms with Gasteiger partial charge in [0.05, 0.1) is 24.6 Å². The van der Waals surface area contributed by atoms with Crippen LogP contribution in [0.2, 0.25) is 0 Å². The third-order valence-electron chi connectivity index (χ3n) is 3.08. The molecule has 1 unspecified atom stereocenters. The molecular formula is C13H20N2O2. The Bertz CT molecular complexity index is 362. The molecular weight excluding hydrogens is 216 g/mol. The minimum absolute atomic E-state index is 0.300. The van der Waals surface area contributed by atoms with E-state index in [4.69, 9.17) is 15.2 Å². The van der Waals surface area contributed by atoms with E-state index in [0.717, 1.165) is 25.3 Å². The van der Waals surface area contributed by atoms with E-state index < -0.39 is 0 Å². The summed E-state index contributed by atoms with van der Waals surface area (Å²) >= 11 is 0. The van der Waals surface area contributed by atoms with E-state index in [1.807, 2.05) is 18.2 Å². The molecule has 1 aliphatic rings. The Morgan fingerprint density at radius 2 is 2.35 bits per heavy atom. The molecule has 1 fully saturated rings. The Hall–Kier alpha value is -1.42. The Labute approximate surface area is 102 Å². The smallest absolute Gasteiger partial charge is 0.143 e. The molecule has 0 bridgehead atoms. The van der Waals surface area contributed by atoms with Gasteiger partial charge in [-0.1, -0.05) is 6.07 Å². The molecule has 1 heterocycles. The predicted octanol–water partition coefficient (Wildman–Crippen LogP) is 2.26. The molecule has 1 aromatic carbocycles. The van der Waals surface area contributed by atoms with Gasteiger partial charge in [-0.2, -0.15) is 0 Å². The van der Waals surface area contributed by atoms with Crippen molar-refractivity contribution in [2.24, 2.45) is 0 Å². The Morgan fingerprint density at radius 1 is 1.47 bits per heavy atom. The van der Waals surface area contributed by atoms with Gasteiger partial charge in [0.2, 0.25) is 0 Å². The highest BCUT2D eigenvalue weighted by atomic mass is 16.5. The molecule has 0 amide bonds. The van der Waals surface area contributed by atoms with Crippen molar-refractivity contribution in [3.8, 4) is 5.75 Å². The van der Waals surface area contributed by atoms with E-state index in [1.54, 1.807) is 7.11 Å². The van der Waals surface area contributed by atoms with Gasteiger partial charge in [0, 0.05) is 13.2 Å². The molecule has 0 spiro atoms. The summed E-state index contributed by atoms with van der Waals surface area (Å²) in [4.78, 5) is 0. The van der Waals surface area contributed by atoms with Crippen LogP contribution in [0.15, 0.2) is 18.2 Å². The van der Waals surface area contributed by atoms with Crippen LogP contribution in [0.5, 0.6) is 5.75 Å². The van der Waals surface area contributed by atoms with Crippen LogP contribution in [-0.2, 0) is 4.74 Å². The van der Waals surface area contributed by atoms with Crippen molar-refractivity contribution < 1.29 is 9.47 Å². The van der Waals surface area contributed by atoms with Gasteiger partial charge in [-0.25, -0.2) is 0 Å². The molecule has 94 valence electrons. The lowest BCUT2D eigenvalue weighted by molar-refractivity contribution is 0.0248. The van der Waals surface area contributed by atoms with E-state index in [2.05, 4.69) is 5.32 Å². The summed E-state index contributed by atoms with van der Waals surface area (Å²) in [6.45, 7) is 1.68. The lowest BCUT2D eigenvalue weighted by Crippen LogP contribution is -2.27. The van der Waals surface area contributed by atoms with E-state index in [9.17, 15) is 0 Å². The van der Waals surface area contributed by atoms with Crippen molar-refractivity contribution in [3.05, 3.63) is 18.2 Å². The number of hydrogen-bond acceptors (Lipinski definition) is 4. The topological polar surface area (TPSA) is 56.5 Å². The maximum atomic E-state index is 5.98. The highest BCUT2D eigenvalue weighted by molar-refractivity contribution is 5.72. The van der Waals surface area contributed by atoms with Gasteiger partial charge >= 0.3 is 0 Å². The van der Waals surface area contributed by atoms with Gasteiger partial charge in [-0.15, -0.1) is 0 Å². The molecule has 3 N–H and O–H groups in total. The number of anilines is 2. The van der Waals surface area contributed by atoms with E-state index in [-0.39, 0.29) is 0 Å². The summed E-state index contributed by atoms with van der Waals surface area (Å²) in [5.41, 5.74) is 7.55. The van der Waals surface area contributed by atoms with Crippen LogP contribution in [0.1, 0.15) is 19.3 Å². The SMILES string of the molecule is COc1cccc(NCC2CCCCO2)c1N. The fraction of sp³-hybridized carbons (Fsp3) is 0.538. The third kappa shape index (κ3) is 3.03. The highest BCUT2D eigenvalue weighted by Gasteiger charge is 2.14. The van der Waals surface area contributed by atoms with Gasteiger partial charge in [0.25, 0.3) is 0 Å². The summed E-state index contributed by atoms with van der Waals surface area (Å²) in [6.07, 6.45) is 3.85. The molecule has 0 saturated carbocycles. The summed E-state index contributed by atoms with van der Waals surface area (Å²) in [6, 6.07) is 5.75. The van der Waals surface area contributed by atoms with Crippen molar-refractivity contribution in [3.63, 3.8) is 0 Å². The Morgan fingerprint density at radius 3 is 3.06 bits per heavy atom. The number of methoxy groups -OCH3 is 1. The average molecular weight is 236 g/mol. The normalized spacial score (nSPS) is 19.9. The number of ether oxygens (including phenoxy) is 2. The predicted molar refractivity (Wildman–Crippen MR) is 69.5 cm³/mol. The first kappa shape index (κ1) is 12.0. The van der Waals surface area contributed by atoms with Crippen molar-refractivity contribution in [1.82, 2.24) is 0 Å². The number of nitrogens with one attached hydrogen (secondary N) is 1. The monoisotopic (exact) mass is 236 g/mol. The first-order chi connectivity index (χ1) is 8.31. The van der Waals surface area contributed by atoms with Crippen LogP contribution in [0.3, 0.4) is 0 Å². The second kappa shape index (κ2) is 5.77. The zero-order chi connectivity index (χ0) is 12.1. The molecule has 1 atom stereocenters. The number of benzene rings is 1. The maximum absolute atomic E-state index is 5.98. The fourth-order valence-corrected chi connectivity index (χ4v) is 2.07. The van der Waals surface area contributed by atoms with Crippen molar-refractivity contribution in [2.45, 2.75) is 25.4 Å². The van der Waals surface area contributed by atoms with Crippen molar-refractivity contribution in [2.75, 3.05) is 31.3 Å². The van der Waals surface area contributed by atoms with Crippen molar-refractivity contribution in [1.29, 1.82) is 0 Å². The molecule has 4 nitrogen and oxygen atoms in total. The number of para-hydroxylation sites is 1. The van der Waals surface area contributed by atoms with E-state index in [1.165, 1.54) is 12.8 Å². The zero-order valence-corrected chi connectivity index (χ0v) is 10.2. The molecule has 1 aliphatic heterocycles. The van der Waals surface area contributed by atoms with Crippen LogP contribution in [0.4, 0.5) is 11.4 Å². The fourth-order valence-electron chi connectivity index (χ4n) is 2.07. The van der Waals surface area contributed by atoms with Gasteiger partial charge in [-0.3, -0.25) is 0 Å². The lowest BCUT2D eigenvalue weighted by Gasteiger charge is -2.23. The Kier molecular flexibility index (Phi) is 4.09. The molecule has 4 heteroatoms. The summed E-state index contributed by atoms with van der Waals surface area (Å²) < 4.78 is 10.8. The minimum atomic E-state index is 0.300. The summed E-state index contributed by atoms with van der Waals surface area (Å²) in [5.74, 6) is 0.708. The molecule has 0 radical (unpaired) electrons. The van der Waals surface area contributed by atoms with Crippen LogP contribution in [-0.4, -0.2) is 26.4 Å². The second-order valence-electron chi connectivity index (χ2n) is 4.29. The first-order valence-electron chi connectivity index (χ1n) is 6.09. The van der Waals surface area contributed by atoms with Crippen LogP contribution in [0, 0.1) is 0 Å². The van der Waals surface area contributed by atoms with Crippen LogP contribution < -0.4 is 15.8 Å². The number of hydrogen-bond donors (Lipinski definition) is 2. The molecule has 1 aromatic rings. The van der Waals surface area contributed by atoms with Gasteiger partial charge in [0.15, 0.2) is 0 Å². The minimum Gasteiger partial charge on any atom is -0.495 e. The molecule has 0 aromatic heterocycles. The second-order valence-corrected chi connectivity index (χ2v) is 4.29. The first-order valence-corrected chi connectivity index (χ1v) is 6.09. The van der Waals surface area contributed by atoms with Gasteiger partial charge < -0.3 is 20.5 Å². The van der Waals surface area contributed by atoms with Crippen LogP contribution in [0.25, 0.3) is 0 Å². The number of rotatable bonds is 4. The van der Waals surface area contributed by atoms with Gasteiger partial charge in [-0.05, 0) is 31.4 Å². The Balaban J connectivity index is 1.93. The maximum Gasteiger partial charge on any atom is 0.143 e. The molecule has 0 aliphatic carbocycles. The standard InChI is InChI=1S/C13H20N2O2/c1-16-12-7-4-6-11(13(12)14)15-9-10-5-2-3-8-17-10/h4,6-7,10,15H,2-3,5,8-9,14H2,1H3. The number of nitrogens with two attached hydrogens (primary N) is 1. The third-order valence-corrected chi connectivity index (χ3v) is 3.08. The number of nitrogen functional groups attached to an aromatic ring is 1. The van der Waals surface area contributed by atoms with Gasteiger partial charge in [0.1, 0.15) is 5.75 Å². The molecule has 2 rings (SSSR count). The molecule has 17 heavy (non-hydrogen) atoms. The summed E-state index contributed by atoms with van der Waals surface area (Å²) in [7, 11) is 1.62. The summed E-state index contributed by atoms with van der Waals surface area (Å²) in [5, 5.41) is 3.33. The molecule has 1 saturated heterocycles. The zero-order valence-electron chi connectivity index (χ0n) is 10.2. The quantitative estimate of drug-likeness (QED) is 0.787. The van der Waals surface area contributed by atoms with E-state index in [0.29, 0.717) is 17.5 Å². The lowest BCUT2D eigenvalue weighted by atomic mass is 10.1. The average Bonchev–Trinajstić information content (AvgIpc) is 2.39. The largest absolute Gasteiger partial charge is 0.495 e.